The standard InChI is InChI=1S/C16H17F2N5O4S/c1-11-19-5-4-15(20-11)22-8-6-21(7-9-22)13-3-2-12(10-14(13)23(24)25)28(26,27)16(17)18/h2-5,10,16H,6-9H2,1H3. The molecule has 1 aliphatic rings. The van der Waals surface area contributed by atoms with Crippen LogP contribution in [0.1, 0.15) is 5.82 Å². The fraction of sp³-hybridized carbons (Fsp3) is 0.375. The number of hydrogen-bond donors (Lipinski definition) is 0. The Morgan fingerprint density at radius 3 is 2.36 bits per heavy atom. The van der Waals surface area contributed by atoms with Crippen LogP contribution < -0.4 is 9.80 Å². The highest BCUT2D eigenvalue weighted by molar-refractivity contribution is 7.91. The van der Waals surface area contributed by atoms with Crippen LogP contribution in [0.25, 0.3) is 0 Å². The summed E-state index contributed by atoms with van der Waals surface area (Å²) in [5, 5.41) is 11.4. The first-order chi connectivity index (χ1) is 13.2. The molecule has 0 radical (unpaired) electrons. The molecule has 0 saturated carbocycles. The molecule has 2 aromatic rings. The van der Waals surface area contributed by atoms with Gasteiger partial charge in [0.25, 0.3) is 5.69 Å². The van der Waals surface area contributed by atoms with E-state index in [1.807, 2.05) is 4.90 Å². The zero-order valence-electron chi connectivity index (χ0n) is 14.8. The average Bonchev–Trinajstić information content (AvgIpc) is 2.67. The maximum absolute atomic E-state index is 12.7. The molecule has 0 N–H and O–H groups in total. The average molecular weight is 413 g/mol. The molecule has 0 unspecified atom stereocenters. The van der Waals surface area contributed by atoms with E-state index in [1.54, 1.807) is 24.1 Å². The molecule has 0 amide bonds. The van der Waals surface area contributed by atoms with Gasteiger partial charge in [0.2, 0.25) is 9.84 Å². The van der Waals surface area contributed by atoms with Crippen LogP contribution in [-0.4, -0.2) is 55.2 Å². The van der Waals surface area contributed by atoms with Gasteiger partial charge in [-0.3, -0.25) is 10.1 Å². The van der Waals surface area contributed by atoms with Crippen molar-refractivity contribution in [2.75, 3.05) is 36.0 Å². The Balaban J connectivity index is 1.83. The summed E-state index contributed by atoms with van der Waals surface area (Å²) < 4.78 is 48.7. The quantitative estimate of drug-likeness (QED) is 0.541. The molecule has 1 fully saturated rings. The van der Waals surface area contributed by atoms with Crippen LogP contribution in [0.2, 0.25) is 0 Å². The predicted molar refractivity (Wildman–Crippen MR) is 97.5 cm³/mol. The number of piperazine rings is 1. The van der Waals surface area contributed by atoms with Crippen molar-refractivity contribution in [2.45, 2.75) is 17.6 Å². The molecule has 0 atom stereocenters. The second-order valence-corrected chi connectivity index (χ2v) is 8.07. The van der Waals surface area contributed by atoms with Crippen LogP contribution >= 0.6 is 0 Å². The van der Waals surface area contributed by atoms with Gasteiger partial charge < -0.3 is 9.80 Å². The molecule has 1 aliphatic heterocycles. The highest BCUT2D eigenvalue weighted by Gasteiger charge is 2.31. The Kier molecular flexibility index (Phi) is 5.40. The number of sulfone groups is 1. The smallest absolute Gasteiger partial charge is 0.341 e. The zero-order valence-corrected chi connectivity index (χ0v) is 15.6. The maximum Gasteiger partial charge on any atom is 0.341 e. The first kappa shape index (κ1) is 19.9. The molecule has 9 nitrogen and oxygen atoms in total. The maximum atomic E-state index is 12.7. The van der Waals surface area contributed by atoms with Crippen molar-refractivity contribution in [3.63, 3.8) is 0 Å². The van der Waals surface area contributed by atoms with Gasteiger partial charge >= 0.3 is 5.76 Å². The number of halogens is 2. The highest BCUT2D eigenvalue weighted by Crippen LogP contribution is 2.33. The SMILES string of the molecule is Cc1nccc(N2CCN(c3ccc(S(=O)(=O)C(F)F)cc3[N+](=O)[O-])CC2)n1. The number of anilines is 2. The second kappa shape index (κ2) is 7.62. The van der Waals surface area contributed by atoms with E-state index in [0.29, 0.717) is 38.1 Å². The lowest BCUT2D eigenvalue weighted by Crippen LogP contribution is -2.47. The van der Waals surface area contributed by atoms with Crippen LogP contribution in [0.4, 0.5) is 26.0 Å². The molecule has 1 saturated heterocycles. The number of rotatable bonds is 5. The predicted octanol–water partition coefficient (Wildman–Crippen LogP) is 2.02. The van der Waals surface area contributed by atoms with Crippen LogP contribution in [0.3, 0.4) is 0 Å². The van der Waals surface area contributed by atoms with Crippen molar-refractivity contribution in [1.82, 2.24) is 9.97 Å². The largest absolute Gasteiger partial charge is 0.362 e. The molecular formula is C16H17F2N5O4S. The Bertz CT molecular complexity index is 994. The molecule has 28 heavy (non-hydrogen) atoms. The fourth-order valence-corrected chi connectivity index (χ4v) is 3.73. The number of nitro benzene ring substituents is 1. The van der Waals surface area contributed by atoms with Crippen LogP contribution in [0, 0.1) is 17.0 Å². The van der Waals surface area contributed by atoms with Gasteiger partial charge in [-0.2, -0.15) is 8.78 Å². The van der Waals surface area contributed by atoms with Crippen molar-refractivity contribution in [3.8, 4) is 0 Å². The van der Waals surface area contributed by atoms with Crippen molar-refractivity contribution in [2.24, 2.45) is 0 Å². The lowest BCUT2D eigenvalue weighted by molar-refractivity contribution is -0.384. The van der Waals surface area contributed by atoms with E-state index in [0.717, 1.165) is 11.9 Å². The van der Waals surface area contributed by atoms with E-state index in [1.165, 1.54) is 6.07 Å². The third-order valence-corrected chi connectivity index (χ3v) is 5.79. The van der Waals surface area contributed by atoms with Gasteiger partial charge in [0.15, 0.2) is 0 Å². The molecule has 150 valence electrons. The van der Waals surface area contributed by atoms with Crippen molar-refractivity contribution in [1.29, 1.82) is 0 Å². The summed E-state index contributed by atoms with van der Waals surface area (Å²) in [6.45, 7) is 3.68. The monoisotopic (exact) mass is 413 g/mol. The van der Waals surface area contributed by atoms with E-state index in [4.69, 9.17) is 0 Å². The van der Waals surface area contributed by atoms with Gasteiger partial charge in [0.05, 0.1) is 9.82 Å². The minimum atomic E-state index is -4.91. The molecule has 3 rings (SSSR count). The van der Waals surface area contributed by atoms with Gasteiger partial charge in [-0.1, -0.05) is 0 Å². The molecular weight excluding hydrogens is 396 g/mol. The summed E-state index contributed by atoms with van der Waals surface area (Å²) in [5.41, 5.74) is -0.329. The zero-order chi connectivity index (χ0) is 20.5. The summed E-state index contributed by atoms with van der Waals surface area (Å²) >= 11 is 0. The lowest BCUT2D eigenvalue weighted by Gasteiger charge is -2.36. The molecule has 0 aliphatic carbocycles. The molecule has 12 heteroatoms. The summed E-state index contributed by atoms with van der Waals surface area (Å²) in [7, 11) is -4.91. The number of nitrogens with zero attached hydrogens (tertiary/aromatic N) is 5. The van der Waals surface area contributed by atoms with Crippen LogP contribution in [0.5, 0.6) is 0 Å². The van der Waals surface area contributed by atoms with Crippen LogP contribution in [-0.2, 0) is 9.84 Å². The summed E-state index contributed by atoms with van der Waals surface area (Å²) in [6.07, 6.45) is 1.65. The number of nitro groups is 1. The Morgan fingerprint density at radius 2 is 1.79 bits per heavy atom. The Labute approximate surface area is 159 Å². The lowest BCUT2D eigenvalue weighted by atomic mass is 10.2. The molecule has 1 aromatic carbocycles. The summed E-state index contributed by atoms with van der Waals surface area (Å²) in [4.78, 5) is 22.0. The van der Waals surface area contributed by atoms with Crippen LogP contribution in [0.15, 0.2) is 35.4 Å². The minimum absolute atomic E-state index is 0.191. The third kappa shape index (κ3) is 3.86. The van der Waals surface area contributed by atoms with Gasteiger partial charge in [0, 0.05) is 38.4 Å². The highest BCUT2D eigenvalue weighted by atomic mass is 32.2. The number of aromatic nitrogens is 2. The van der Waals surface area contributed by atoms with E-state index >= 15 is 0 Å². The Hall–Kier alpha value is -2.89. The van der Waals surface area contributed by atoms with E-state index < -0.39 is 31.1 Å². The molecule has 1 aromatic heterocycles. The summed E-state index contributed by atoms with van der Waals surface area (Å²) in [6, 6.07) is 4.65. The van der Waals surface area contributed by atoms with Gasteiger partial charge in [0.1, 0.15) is 17.3 Å². The second-order valence-electron chi connectivity index (χ2n) is 6.15. The minimum Gasteiger partial charge on any atom is -0.362 e. The van der Waals surface area contributed by atoms with Gasteiger partial charge in [-0.15, -0.1) is 0 Å². The number of aryl methyl sites for hydroxylation is 1. The van der Waals surface area contributed by atoms with E-state index in [9.17, 15) is 27.3 Å². The van der Waals surface area contributed by atoms with E-state index in [2.05, 4.69) is 9.97 Å². The van der Waals surface area contributed by atoms with E-state index in [-0.39, 0.29) is 5.69 Å². The molecule has 0 spiro atoms. The normalized spacial score (nSPS) is 15.1. The van der Waals surface area contributed by atoms with Crippen molar-refractivity contribution in [3.05, 3.63) is 46.4 Å². The fourth-order valence-electron chi connectivity index (χ4n) is 2.99. The van der Waals surface area contributed by atoms with Gasteiger partial charge in [-0.05, 0) is 25.1 Å². The molecule has 2 heterocycles. The first-order valence-corrected chi connectivity index (χ1v) is 9.85. The van der Waals surface area contributed by atoms with Crippen molar-refractivity contribution < 1.29 is 22.1 Å². The van der Waals surface area contributed by atoms with Gasteiger partial charge in [-0.25, -0.2) is 18.4 Å². The number of hydrogen-bond acceptors (Lipinski definition) is 8. The first-order valence-electron chi connectivity index (χ1n) is 8.30. The molecule has 0 bridgehead atoms. The number of alkyl halides is 2. The topological polar surface area (TPSA) is 110 Å². The Morgan fingerprint density at radius 1 is 1.14 bits per heavy atom. The summed E-state index contributed by atoms with van der Waals surface area (Å²) in [5.74, 6) is -2.26. The van der Waals surface area contributed by atoms with Crippen molar-refractivity contribution >= 4 is 27.0 Å². The number of benzene rings is 1. The third-order valence-electron chi connectivity index (χ3n) is 4.41.